The van der Waals surface area contributed by atoms with Crippen LogP contribution in [0.4, 0.5) is 0 Å². The number of hydrogen-bond donors (Lipinski definition) is 1. The molecular weight excluding hydrogens is 210 g/mol. The van der Waals surface area contributed by atoms with Gasteiger partial charge in [0.2, 0.25) is 0 Å². The normalized spacial score (nSPS) is 12.9. The Kier molecular flexibility index (Phi) is 5.12. The Morgan fingerprint density at radius 3 is 1.93 bits per heavy atom. The lowest BCUT2D eigenvalue weighted by Gasteiger charge is -2.21. The third-order valence-corrected chi connectivity index (χ3v) is 1.83. The van der Waals surface area contributed by atoms with E-state index in [1.807, 2.05) is 52.0 Å². The topological polar surface area (TPSA) is 35.2 Å². The summed E-state index contributed by atoms with van der Waals surface area (Å²) in [5, 5.41) is 0. The van der Waals surface area contributed by atoms with Gasteiger partial charge in [0.15, 0.2) is 0 Å². The first-order valence-corrected chi connectivity index (χ1v) is 4.93. The highest BCUT2D eigenvalue weighted by atomic mass is 35.5. The van der Waals surface area contributed by atoms with Crippen LogP contribution in [0.2, 0.25) is 0 Å². The highest BCUT2D eigenvalue weighted by Gasteiger charge is 2.11. The average Bonchev–Trinajstić information content (AvgIpc) is 2.02. The molecule has 86 valence electrons. The van der Waals surface area contributed by atoms with Crippen molar-refractivity contribution in [1.82, 2.24) is 0 Å². The fraction of sp³-hybridized carbons (Fsp3) is 0.500. The molecule has 0 bridgehead atoms. The summed E-state index contributed by atoms with van der Waals surface area (Å²) in [4.78, 5) is 0. The van der Waals surface area contributed by atoms with Gasteiger partial charge in [-0.15, -0.1) is 12.4 Å². The van der Waals surface area contributed by atoms with Crippen molar-refractivity contribution >= 4 is 12.4 Å². The van der Waals surface area contributed by atoms with Crippen molar-refractivity contribution in [2.24, 2.45) is 5.73 Å². The number of benzene rings is 1. The van der Waals surface area contributed by atoms with E-state index in [1.54, 1.807) is 0 Å². The summed E-state index contributed by atoms with van der Waals surface area (Å²) in [5.74, 6) is 0.891. The first-order valence-electron chi connectivity index (χ1n) is 4.93. The van der Waals surface area contributed by atoms with Gasteiger partial charge in [-0.25, -0.2) is 0 Å². The predicted octanol–water partition coefficient (Wildman–Crippen LogP) is 3.31. The molecule has 0 saturated carbocycles. The van der Waals surface area contributed by atoms with Crippen LogP contribution >= 0.6 is 12.4 Å². The van der Waals surface area contributed by atoms with Crippen molar-refractivity contribution in [2.75, 3.05) is 0 Å². The number of nitrogens with two attached hydrogens (primary N) is 1. The Labute approximate surface area is 98.2 Å². The predicted molar refractivity (Wildman–Crippen MR) is 66.7 cm³/mol. The minimum atomic E-state index is -0.143. The van der Waals surface area contributed by atoms with Crippen LogP contribution < -0.4 is 10.5 Å². The molecule has 0 saturated heterocycles. The van der Waals surface area contributed by atoms with E-state index in [9.17, 15) is 0 Å². The lowest BCUT2D eigenvalue weighted by Crippen LogP contribution is -2.22. The van der Waals surface area contributed by atoms with E-state index in [0.29, 0.717) is 0 Å². The second-order valence-corrected chi connectivity index (χ2v) is 4.57. The molecule has 0 aromatic heterocycles. The van der Waals surface area contributed by atoms with E-state index >= 15 is 0 Å². The molecule has 0 aliphatic heterocycles. The summed E-state index contributed by atoms with van der Waals surface area (Å²) in [6.07, 6.45) is 0. The Morgan fingerprint density at radius 2 is 1.60 bits per heavy atom. The first kappa shape index (κ1) is 14.3. The quantitative estimate of drug-likeness (QED) is 0.845. The largest absolute Gasteiger partial charge is 0.488 e. The van der Waals surface area contributed by atoms with Gasteiger partial charge in [-0.05, 0) is 45.4 Å². The summed E-state index contributed by atoms with van der Waals surface area (Å²) in [5.41, 5.74) is 6.74. The highest BCUT2D eigenvalue weighted by Crippen LogP contribution is 2.20. The SMILES string of the molecule is C[C@@H](N)c1ccc(OC(C)(C)C)cc1.Cl. The molecule has 0 aliphatic rings. The third kappa shape index (κ3) is 5.05. The van der Waals surface area contributed by atoms with Gasteiger partial charge in [0.25, 0.3) is 0 Å². The summed E-state index contributed by atoms with van der Waals surface area (Å²) >= 11 is 0. The Bertz CT molecular complexity index is 287. The number of hydrogen-bond acceptors (Lipinski definition) is 2. The first-order chi connectivity index (χ1) is 6.38. The van der Waals surface area contributed by atoms with Gasteiger partial charge in [0, 0.05) is 6.04 Å². The maximum Gasteiger partial charge on any atom is 0.120 e. The number of rotatable bonds is 2. The van der Waals surface area contributed by atoms with Crippen LogP contribution in [0.1, 0.15) is 39.3 Å². The highest BCUT2D eigenvalue weighted by molar-refractivity contribution is 5.85. The van der Waals surface area contributed by atoms with Crippen molar-refractivity contribution in [3.8, 4) is 5.75 Å². The fourth-order valence-electron chi connectivity index (χ4n) is 1.19. The van der Waals surface area contributed by atoms with Gasteiger partial charge < -0.3 is 10.5 Å². The second kappa shape index (κ2) is 5.38. The molecule has 0 spiro atoms. The van der Waals surface area contributed by atoms with E-state index in [1.165, 1.54) is 0 Å². The Balaban J connectivity index is 0.00000196. The molecule has 0 amide bonds. The summed E-state index contributed by atoms with van der Waals surface area (Å²) in [6, 6.07) is 8.02. The molecule has 1 rings (SSSR count). The lowest BCUT2D eigenvalue weighted by atomic mass is 10.1. The van der Waals surface area contributed by atoms with E-state index in [0.717, 1.165) is 11.3 Å². The van der Waals surface area contributed by atoms with Gasteiger partial charge in [0.1, 0.15) is 11.4 Å². The maximum absolute atomic E-state index is 5.75. The van der Waals surface area contributed by atoms with E-state index in [4.69, 9.17) is 10.5 Å². The maximum atomic E-state index is 5.75. The van der Waals surface area contributed by atoms with E-state index in [-0.39, 0.29) is 24.0 Å². The smallest absolute Gasteiger partial charge is 0.120 e. The molecule has 1 atom stereocenters. The molecule has 1 aromatic carbocycles. The average molecular weight is 230 g/mol. The molecule has 0 radical (unpaired) electrons. The number of ether oxygens (including phenoxy) is 1. The molecule has 2 nitrogen and oxygen atoms in total. The molecule has 0 aliphatic carbocycles. The molecule has 0 unspecified atom stereocenters. The van der Waals surface area contributed by atoms with Crippen molar-refractivity contribution in [2.45, 2.75) is 39.3 Å². The standard InChI is InChI=1S/C12H19NO.ClH/c1-9(13)10-5-7-11(8-6-10)14-12(2,3)4;/h5-9H,13H2,1-4H3;1H/t9-;/m1./s1. The molecule has 15 heavy (non-hydrogen) atoms. The molecule has 3 heteroatoms. The fourth-order valence-corrected chi connectivity index (χ4v) is 1.19. The van der Waals surface area contributed by atoms with Crippen LogP contribution in [-0.2, 0) is 0 Å². The van der Waals surface area contributed by atoms with Crippen molar-refractivity contribution in [1.29, 1.82) is 0 Å². The van der Waals surface area contributed by atoms with Gasteiger partial charge in [-0.3, -0.25) is 0 Å². The van der Waals surface area contributed by atoms with Gasteiger partial charge >= 0.3 is 0 Å². The Morgan fingerprint density at radius 1 is 1.13 bits per heavy atom. The minimum Gasteiger partial charge on any atom is -0.488 e. The van der Waals surface area contributed by atoms with Crippen LogP contribution in [0.3, 0.4) is 0 Å². The monoisotopic (exact) mass is 229 g/mol. The van der Waals surface area contributed by atoms with Crippen LogP contribution in [-0.4, -0.2) is 5.60 Å². The minimum absolute atomic E-state index is 0. The summed E-state index contributed by atoms with van der Waals surface area (Å²) < 4.78 is 5.70. The van der Waals surface area contributed by atoms with Crippen LogP contribution in [0, 0.1) is 0 Å². The van der Waals surface area contributed by atoms with Gasteiger partial charge in [-0.1, -0.05) is 12.1 Å². The zero-order valence-corrected chi connectivity index (χ0v) is 10.6. The lowest BCUT2D eigenvalue weighted by molar-refractivity contribution is 0.131. The third-order valence-electron chi connectivity index (χ3n) is 1.83. The van der Waals surface area contributed by atoms with Crippen LogP contribution in [0.5, 0.6) is 5.75 Å². The van der Waals surface area contributed by atoms with Crippen LogP contribution in [0.25, 0.3) is 0 Å². The number of halogens is 1. The second-order valence-electron chi connectivity index (χ2n) is 4.57. The zero-order valence-electron chi connectivity index (χ0n) is 9.78. The summed E-state index contributed by atoms with van der Waals surface area (Å²) in [7, 11) is 0. The van der Waals surface area contributed by atoms with Crippen molar-refractivity contribution in [3.63, 3.8) is 0 Å². The van der Waals surface area contributed by atoms with E-state index in [2.05, 4.69) is 0 Å². The molecule has 0 fully saturated rings. The van der Waals surface area contributed by atoms with Crippen molar-refractivity contribution < 1.29 is 4.74 Å². The van der Waals surface area contributed by atoms with E-state index < -0.39 is 0 Å². The van der Waals surface area contributed by atoms with Gasteiger partial charge in [0.05, 0.1) is 0 Å². The molecule has 0 heterocycles. The molecule has 1 aromatic rings. The zero-order chi connectivity index (χ0) is 10.8. The van der Waals surface area contributed by atoms with Gasteiger partial charge in [-0.2, -0.15) is 0 Å². The van der Waals surface area contributed by atoms with Crippen molar-refractivity contribution in [3.05, 3.63) is 29.8 Å². The Hall–Kier alpha value is -0.730. The summed E-state index contributed by atoms with van der Waals surface area (Å²) in [6.45, 7) is 8.07. The molecule has 2 N–H and O–H groups in total. The van der Waals surface area contributed by atoms with Crippen LogP contribution in [0.15, 0.2) is 24.3 Å². The molecular formula is C12H20ClNO.